The number of para-hydroxylation sites is 3. The molecule has 0 aliphatic heterocycles. The highest BCUT2D eigenvalue weighted by Gasteiger charge is 2.29. The number of carbonyl (C=O) groups excluding carboxylic acids is 1. The van der Waals surface area contributed by atoms with Crippen LogP contribution in [0.5, 0.6) is 11.5 Å². The number of rotatable bonds is 8. The zero-order valence-corrected chi connectivity index (χ0v) is 20.4. The summed E-state index contributed by atoms with van der Waals surface area (Å²) in [5.41, 5.74) is 1.47. The molecule has 1 aromatic heterocycles. The van der Waals surface area contributed by atoms with E-state index in [0.717, 1.165) is 0 Å². The molecule has 4 rings (SSSR count). The van der Waals surface area contributed by atoms with Crippen molar-refractivity contribution in [3.05, 3.63) is 94.5 Å². The largest absolute Gasteiger partial charge is 0.497 e. The van der Waals surface area contributed by atoms with E-state index in [1.54, 1.807) is 60.1 Å². The first-order chi connectivity index (χ1) is 17.0. The van der Waals surface area contributed by atoms with Crippen LogP contribution >= 0.6 is 0 Å². The number of amides is 1. The minimum atomic E-state index is -0.457. The highest BCUT2D eigenvalue weighted by Crippen LogP contribution is 2.30. The molecule has 0 saturated heterocycles. The number of carbonyl (C=O) groups is 1. The zero-order chi connectivity index (χ0) is 24.9. The predicted octanol–water partition coefficient (Wildman–Crippen LogP) is 5.02. The van der Waals surface area contributed by atoms with Gasteiger partial charge in [-0.15, -0.1) is 0 Å². The Balaban J connectivity index is 1.95. The summed E-state index contributed by atoms with van der Waals surface area (Å²) in [5, 5.41) is 0.499. The Labute approximate surface area is 204 Å². The van der Waals surface area contributed by atoms with Gasteiger partial charge >= 0.3 is 0 Å². The zero-order valence-electron chi connectivity index (χ0n) is 20.4. The van der Waals surface area contributed by atoms with E-state index in [-0.39, 0.29) is 11.5 Å². The quantitative estimate of drug-likeness (QED) is 0.361. The van der Waals surface area contributed by atoms with Crippen molar-refractivity contribution in [3.8, 4) is 17.2 Å². The number of methoxy groups -OCH3 is 2. The van der Waals surface area contributed by atoms with Gasteiger partial charge in [-0.05, 0) is 55.8 Å². The van der Waals surface area contributed by atoms with Crippen molar-refractivity contribution in [2.24, 2.45) is 0 Å². The summed E-state index contributed by atoms with van der Waals surface area (Å²) in [6, 6.07) is 21.2. The molecule has 0 saturated carbocycles. The van der Waals surface area contributed by atoms with Gasteiger partial charge < -0.3 is 14.4 Å². The average Bonchev–Trinajstić information content (AvgIpc) is 2.91. The van der Waals surface area contributed by atoms with E-state index in [2.05, 4.69) is 0 Å². The first kappa shape index (κ1) is 24.0. The van der Waals surface area contributed by atoms with Crippen molar-refractivity contribution in [1.82, 2.24) is 14.5 Å². The highest BCUT2D eigenvalue weighted by molar-refractivity contribution is 5.95. The predicted molar refractivity (Wildman–Crippen MR) is 137 cm³/mol. The Bertz CT molecular complexity index is 1410. The second-order valence-electron chi connectivity index (χ2n) is 8.05. The fourth-order valence-corrected chi connectivity index (χ4v) is 4.39. The third kappa shape index (κ3) is 4.49. The molecule has 0 radical (unpaired) electrons. The standard InChI is InChI=1S/C28H29N3O4/c1-5-23(30(6-2)27(32)19-12-11-13-20(18-19)34-3)26-29-22-15-8-7-14-21(22)28(33)31(26)24-16-9-10-17-25(24)35-4/h7-18,23H,5-6H2,1-4H3. The molecule has 7 heteroatoms. The molecule has 1 atom stereocenters. The Kier molecular flexibility index (Phi) is 7.15. The van der Waals surface area contributed by atoms with E-state index in [1.807, 2.05) is 50.2 Å². The van der Waals surface area contributed by atoms with E-state index in [4.69, 9.17) is 14.5 Å². The van der Waals surface area contributed by atoms with Gasteiger partial charge in [-0.25, -0.2) is 4.98 Å². The van der Waals surface area contributed by atoms with E-state index >= 15 is 0 Å². The van der Waals surface area contributed by atoms with E-state index in [9.17, 15) is 9.59 Å². The van der Waals surface area contributed by atoms with E-state index in [0.29, 0.717) is 52.4 Å². The van der Waals surface area contributed by atoms with Gasteiger partial charge in [-0.2, -0.15) is 0 Å². The van der Waals surface area contributed by atoms with Gasteiger partial charge in [0.1, 0.15) is 17.3 Å². The summed E-state index contributed by atoms with van der Waals surface area (Å²) < 4.78 is 12.5. The number of benzene rings is 3. The van der Waals surface area contributed by atoms with E-state index < -0.39 is 6.04 Å². The highest BCUT2D eigenvalue weighted by atomic mass is 16.5. The Hall–Kier alpha value is -4.13. The summed E-state index contributed by atoms with van der Waals surface area (Å²) in [6.07, 6.45) is 0.559. The third-order valence-electron chi connectivity index (χ3n) is 6.11. The van der Waals surface area contributed by atoms with Crippen LogP contribution in [0.2, 0.25) is 0 Å². The molecule has 1 heterocycles. The minimum Gasteiger partial charge on any atom is -0.497 e. The number of hydrogen-bond donors (Lipinski definition) is 0. The Morgan fingerprint density at radius 1 is 0.971 bits per heavy atom. The number of aromatic nitrogens is 2. The maximum Gasteiger partial charge on any atom is 0.266 e. The van der Waals surface area contributed by atoms with Crippen LogP contribution in [0.1, 0.15) is 42.5 Å². The second-order valence-corrected chi connectivity index (χ2v) is 8.05. The number of fused-ring (bicyclic) bond motifs is 1. The maximum atomic E-state index is 13.8. The third-order valence-corrected chi connectivity index (χ3v) is 6.11. The van der Waals surface area contributed by atoms with Gasteiger partial charge in [-0.3, -0.25) is 14.2 Å². The molecule has 0 aliphatic rings. The van der Waals surface area contributed by atoms with Gasteiger partial charge in [0.05, 0.1) is 36.9 Å². The number of nitrogens with zero attached hydrogens (tertiary/aromatic N) is 3. The van der Waals surface area contributed by atoms with Crippen LogP contribution in [-0.2, 0) is 0 Å². The lowest BCUT2D eigenvalue weighted by Gasteiger charge is -2.31. The van der Waals surface area contributed by atoms with Crippen LogP contribution in [0.4, 0.5) is 0 Å². The van der Waals surface area contributed by atoms with Crippen molar-refractivity contribution < 1.29 is 14.3 Å². The molecular weight excluding hydrogens is 442 g/mol. The molecule has 0 N–H and O–H groups in total. The smallest absolute Gasteiger partial charge is 0.266 e. The van der Waals surface area contributed by atoms with Crippen LogP contribution in [0.25, 0.3) is 16.6 Å². The number of ether oxygens (including phenoxy) is 2. The van der Waals surface area contributed by atoms with Crippen LogP contribution in [0, 0.1) is 0 Å². The molecule has 1 amide bonds. The molecule has 4 aromatic rings. The van der Waals surface area contributed by atoms with Crippen molar-refractivity contribution in [2.45, 2.75) is 26.3 Å². The first-order valence-corrected chi connectivity index (χ1v) is 11.6. The fourth-order valence-electron chi connectivity index (χ4n) is 4.39. The summed E-state index contributed by atoms with van der Waals surface area (Å²) in [7, 11) is 3.14. The Morgan fingerprint density at radius 3 is 2.43 bits per heavy atom. The average molecular weight is 472 g/mol. The summed E-state index contributed by atoms with van der Waals surface area (Å²) in [4.78, 5) is 34.2. The van der Waals surface area contributed by atoms with Crippen LogP contribution in [-0.4, -0.2) is 41.1 Å². The van der Waals surface area contributed by atoms with Crippen LogP contribution in [0.3, 0.4) is 0 Å². The van der Waals surface area contributed by atoms with Crippen molar-refractivity contribution in [1.29, 1.82) is 0 Å². The Morgan fingerprint density at radius 2 is 1.71 bits per heavy atom. The van der Waals surface area contributed by atoms with Gasteiger partial charge in [0.25, 0.3) is 11.5 Å². The van der Waals surface area contributed by atoms with Gasteiger partial charge in [0.2, 0.25) is 0 Å². The maximum absolute atomic E-state index is 13.8. The lowest BCUT2D eigenvalue weighted by Crippen LogP contribution is -2.38. The molecule has 0 fully saturated rings. The molecule has 7 nitrogen and oxygen atoms in total. The SMILES string of the molecule is CCC(c1nc2ccccc2c(=O)n1-c1ccccc1OC)N(CC)C(=O)c1cccc(OC)c1. The summed E-state index contributed by atoms with van der Waals surface area (Å²) in [5.74, 6) is 1.48. The minimum absolute atomic E-state index is 0.160. The molecule has 0 spiro atoms. The van der Waals surface area contributed by atoms with Crippen molar-refractivity contribution in [2.75, 3.05) is 20.8 Å². The molecule has 3 aromatic carbocycles. The monoisotopic (exact) mass is 471 g/mol. The molecule has 0 aliphatic carbocycles. The van der Waals surface area contributed by atoms with Crippen LogP contribution < -0.4 is 15.0 Å². The topological polar surface area (TPSA) is 73.7 Å². The molecular formula is C28H29N3O4. The van der Waals surface area contributed by atoms with Crippen LogP contribution in [0.15, 0.2) is 77.6 Å². The lowest BCUT2D eigenvalue weighted by atomic mass is 10.1. The molecule has 180 valence electrons. The number of hydrogen-bond acceptors (Lipinski definition) is 5. The second kappa shape index (κ2) is 10.4. The van der Waals surface area contributed by atoms with Gasteiger partial charge in [0, 0.05) is 12.1 Å². The van der Waals surface area contributed by atoms with Crippen molar-refractivity contribution >= 4 is 16.8 Å². The fraction of sp³-hybridized carbons (Fsp3) is 0.250. The molecule has 0 bridgehead atoms. The van der Waals surface area contributed by atoms with Gasteiger partial charge in [0.15, 0.2) is 0 Å². The lowest BCUT2D eigenvalue weighted by molar-refractivity contribution is 0.0671. The first-order valence-electron chi connectivity index (χ1n) is 11.6. The normalized spacial score (nSPS) is 11.8. The summed E-state index contributed by atoms with van der Waals surface area (Å²) >= 11 is 0. The summed E-state index contributed by atoms with van der Waals surface area (Å²) in [6.45, 7) is 4.34. The molecule has 35 heavy (non-hydrogen) atoms. The van der Waals surface area contributed by atoms with Gasteiger partial charge in [-0.1, -0.05) is 37.3 Å². The molecule has 1 unspecified atom stereocenters. The van der Waals surface area contributed by atoms with E-state index in [1.165, 1.54) is 0 Å². The van der Waals surface area contributed by atoms with Crippen molar-refractivity contribution in [3.63, 3.8) is 0 Å².